The Morgan fingerprint density at radius 1 is 1.36 bits per heavy atom. The summed E-state index contributed by atoms with van der Waals surface area (Å²) in [4.78, 5) is 11.5. The maximum absolute atomic E-state index is 11.5. The molecule has 0 aliphatic rings. The molecule has 0 unspecified atom stereocenters. The van der Waals surface area contributed by atoms with Gasteiger partial charge in [0.05, 0.1) is 0 Å². The van der Waals surface area contributed by atoms with E-state index in [9.17, 15) is 4.79 Å². The third-order valence-electron chi connectivity index (χ3n) is 1.91. The summed E-state index contributed by atoms with van der Waals surface area (Å²) in [5.41, 5.74) is 0.714. The molecular formula is C12H15NO. The Labute approximate surface area is 84.6 Å². The van der Waals surface area contributed by atoms with Crippen molar-refractivity contribution in [3.63, 3.8) is 0 Å². The first-order chi connectivity index (χ1) is 6.84. The first-order valence-electron chi connectivity index (χ1n) is 4.78. The van der Waals surface area contributed by atoms with Gasteiger partial charge in [-0.05, 0) is 25.0 Å². The van der Waals surface area contributed by atoms with Crippen LogP contribution >= 0.6 is 0 Å². The molecule has 0 spiro atoms. The molecule has 74 valence electrons. The summed E-state index contributed by atoms with van der Waals surface area (Å²) in [7, 11) is 0. The standard InChI is InChI=1S/C12H15NO/c1-2-3-7-10-13-12(14)11-8-5-4-6-9-11/h2,4-6,8-9H,1,3,7,10H2,(H,13,14). The second kappa shape index (κ2) is 5.97. The Kier molecular flexibility index (Phi) is 4.48. The molecule has 1 amide bonds. The van der Waals surface area contributed by atoms with Crippen LogP contribution in [0.4, 0.5) is 0 Å². The van der Waals surface area contributed by atoms with E-state index in [1.165, 1.54) is 0 Å². The maximum Gasteiger partial charge on any atom is 0.251 e. The van der Waals surface area contributed by atoms with Crippen LogP contribution in [-0.2, 0) is 0 Å². The Morgan fingerprint density at radius 2 is 2.07 bits per heavy atom. The summed E-state index contributed by atoms with van der Waals surface area (Å²) in [5, 5.41) is 2.85. The van der Waals surface area contributed by atoms with Crippen LogP contribution in [0.1, 0.15) is 23.2 Å². The highest BCUT2D eigenvalue weighted by Crippen LogP contribution is 1.97. The first kappa shape index (κ1) is 10.5. The molecule has 0 saturated carbocycles. The molecule has 2 heteroatoms. The van der Waals surface area contributed by atoms with E-state index < -0.39 is 0 Å². The number of benzene rings is 1. The molecule has 1 aromatic rings. The fourth-order valence-electron chi connectivity index (χ4n) is 1.14. The molecule has 0 saturated heterocycles. The Balaban J connectivity index is 2.32. The van der Waals surface area contributed by atoms with Crippen molar-refractivity contribution < 1.29 is 4.79 Å². The average Bonchev–Trinajstić information content (AvgIpc) is 2.25. The summed E-state index contributed by atoms with van der Waals surface area (Å²) in [6, 6.07) is 9.23. The molecule has 0 aliphatic carbocycles. The van der Waals surface area contributed by atoms with E-state index in [-0.39, 0.29) is 5.91 Å². The van der Waals surface area contributed by atoms with Crippen LogP contribution in [0.2, 0.25) is 0 Å². The average molecular weight is 189 g/mol. The van der Waals surface area contributed by atoms with Gasteiger partial charge in [0.15, 0.2) is 0 Å². The Bertz CT molecular complexity index is 292. The van der Waals surface area contributed by atoms with Gasteiger partial charge in [-0.3, -0.25) is 4.79 Å². The van der Waals surface area contributed by atoms with Crippen molar-refractivity contribution in [2.75, 3.05) is 6.54 Å². The fraction of sp³-hybridized carbons (Fsp3) is 0.250. The van der Waals surface area contributed by atoms with Gasteiger partial charge in [-0.2, -0.15) is 0 Å². The lowest BCUT2D eigenvalue weighted by Gasteiger charge is -2.03. The van der Waals surface area contributed by atoms with E-state index in [4.69, 9.17) is 0 Å². The Morgan fingerprint density at radius 3 is 2.71 bits per heavy atom. The summed E-state index contributed by atoms with van der Waals surface area (Å²) >= 11 is 0. The fourth-order valence-corrected chi connectivity index (χ4v) is 1.14. The van der Waals surface area contributed by atoms with E-state index in [0.717, 1.165) is 12.8 Å². The van der Waals surface area contributed by atoms with Gasteiger partial charge in [0.2, 0.25) is 0 Å². The van der Waals surface area contributed by atoms with Crippen LogP contribution in [-0.4, -0.2) is 12.5 Å². The summed E-state index contributed by atoms with van der Waals surface area (Å²) in [5.74, 6) is -0.00494. The number of allylic oxidation sites excluding steroid dienone is 1. The number of hydrogen-bond donors (Lipinski definition) is 1. The second-order valence-electron chi connectivity index (χ2n) is 3.05. The summed E-state index contributed by atoms with van der Waals surface area (Å²) < 4.78 is 0. The molecule has 0 aliphatic heterocycles. The van der Waals surface area contributed by atoms with Gasteiger partial charge in [0.25, 0.3) is 5.91 Å². The number of nitrogens with one attached hydrogen (secondary N) is 1. The van der Waals surface area contributed by atoms with Gasteiger partial charge in [-0.15, -0.1) is 6.58 Å². The minimum absolute atomic E-state index is 0.00494. The second-order valence-corrected chi connectivity index (χ2v) is 3.05. The molecule has 1 rings (SSSR count). The molecule has 0 radical (unpaired) electrons. The maximum atomic E-state index is 11.5. The van der Waals surface area contributed by atoms with Crippen molar-refractivity contribution in [1.82, 2.24) is 5.32 Å². The van der Waals surface area contributed by atoms with Crippen molar-refractivity contribution >= 4 is 5.91 Å². The lowest BCUT2D eigenvalue weighted by atomic mass is 10.2. The van der Waals surface area contributed by atoms with Gasteiger partial charge >= 0.3 is 0 Å². The van der Waals surface area contributed by atoms with Gasteiger partial charge in [0.1, 0.15) is 0 Å². The van der Waals surface area contributed by atoms with E-state index in [1.54, 1.807) is 0 Å². The minimum atomic E-state index is -0.00494. The number of rotatable bonds is 5. The smallest absolute Gasteiger partial charge is 0.251 e. The lowest BCUT2D eigenvalue weighted by Crippen LogP contribution is -2.24. The largest absolute Gasteiger partial charge is 0.352 e. The monoisotopic (exact) mass is 189 g/mol. The number of amides is 1. The molecule has 14 heavy (non-hydrogen) atoms. The van der Waals surface area contributed by atoms with Crippen molar-refractivity contribution in [1.29, 1.82) is 0 Å². The van der Waals surface area contributed by atoms with Crippen molar-refractivity contribution in [3.8, 4) is 0 Å². The van der Waals surface area contributed by atoms with Crippen LogP contribution in [0.5, 0.6) is 0 Å². The van der Waals surface area contributed by atoms with Gasteiger partial charge in [0, 0.05) is 12.1 Å². The molecule has 0 aromatic heterocycles. The van der Waals surface area contributed by atoms with Crippen LogP contribution < -0.4 is 5.32 Å². The van der Waals surface area contributed by atoms with Crippen LogP contribution in [0.15, 0.2) is 43.0 Å². The first-order valence-corrected chi connectivity index (χ1v) is 4.78. The molecule has 2 nitrogen and oxygen atoms in total. The number of carbonyl (C=O) groups excluding carboxylic acids is 1. The van der Waals surface area contributed by atoms with E-state index in [0.29, 0.717) is 12.1 Å². The predicted octanol–water partition coefficient (Wildman–Crippen LogP) is 2.38. The zero-order valence-corrected chi connectivity index (χ0v) is 8.20. The highest BCUT2D eigenvalue weighted by atomic mass is 16.1. The highest BCUT2D eigenvalue weighted by molar-refractivity contribution is 5.94. The number of carbonyl (C=O) groups is 1. The molecule has 1 N–H and O–H groups in total. The van der Waals surface area contributed by atoms with Crippen molar-refractivity contribution in [3.05, 3.63) is 48.6 Å². The van der Waals surface area contributed by atoms with Crippen molar-refractivity contribution in [2.45, 2.75) is 12.8 Å². The van der Waals surface area contributed by atoms with Crippen LogP contribution in [0, 0.1) is 0 Å². The van der Waals surface area contributed by atoms with E-state index >= 15 is 0 Å². The van der Waals surface area contributed by atoms with Crippen LogP contribution in [0.25, 0.3) is 0 Å². The highest BCUT2D eigenvalue weighted by Gasteiger charge is 2.01. The summed E-state index contributed by atoms with van der Waals surface area (Å²) in [6.07, 6.45) is 3.74. The SMILES string of the molecule is C=CCCCNC(=O)c1ccccc1. The zero-order chi connectivity index (χ0) is 10.2. The topological polar surface area (TPSA) is 29.1 Å². The van der Waals surface area contributed by atoms with Gasteiger partial charge < -0.3 is 5.32 Å². The molecule has 0 bridgehead atoms. The lowest BCUT2D eigenvalue weighted by molar-refractivity contribution is 0.0953. The minimum Gasteiger partial charge on any atom is -0.352 e. The third-order valence-corrected chi connectivity index (χ3v) is 1.91. The van der Waals surface area contributed by atoms with E-state index in [2.05, 4.69) is 11.9 Å². The number of hydrogen-bond acceptors (Lipinski definition) is 1. The molecule has 0 heterocycles. The van der Waals surface area contributed by atoms with Crippen molar-refractivity contribution in [2.24, 2.45) is 0 Å². The van der Waals surface area contributed by atoms with Gasteiger partial charge in [-0.25, -0.2) is 0 Å². The normalized spacial score (nSPS) is 9.43. The molecule has 0 atom stereocenters. The molecule has 1 aromatic carbocycles. The zero-order valence-electron chi connectivity index (χ0n) is 8.20. The predicted molar refractivity (Wildman–Crippen MR) is 58.2 cm³/mol. The molecular weight excluding hydrogens is 174 g/mol. The quantitative estimate of drug-likeness (QED) is 0.559. The number of unbranched alkanes of at least 4 members (excludes halogenated alkanes) is 1. The molecule has 0 fully saturated rings. The van der Waals surface area contributed by atoms with Crippen LogP contribution in [0.3, 0.4) is 0 Å². The summed E-state index contributed by atoms with van der Waals surface area (Å²) in [6.45, 7) is 4.33. The van der Waals surface area contributed by atoms with E-state index in [1.807, 2.05) is 36.4 Å². The van der Waals surface area contributed by atoms with Gasteiger partial charge in [-0.1, -0.05) is 24.3 Å². The third kappa shape index (κ3) is 3.44. The Hall–Kier alpha value is -1.57.